The molecule has 160 valence electrons. The lowest BCUT2D eigenvalue weighted by Crippen LogP contribution is -2.43. The summed E-state index contributed by atoms with van der Waals surface area (Å²) in [5.74, 6) is 1.67. The van der Waals surface area contributed by atoms with Gasteiger partial charge in [0.1, 0.15) is 4.32 Å². The van der Waals surface area contributed by atoms with Crippen LogP contribution in [-0.2, 0) is 16.1 Å². The van der Waals surface area contributed by atoms with Gasteiger partial charge in [0.2, 0.25) is 6.79 Å². The molecule has 4 aliphatic heterocycles. The quantitative estimate of drug-likeness (QED) is 0.504. The smallest absolute Gasteiger partial charge is 0.267 e. The Morgan fingerprint density at radius 1 is 1.17 bits per heavy atom. The van der Waals surface area contributed by atoms with Gasteiger partial charge in [-0.1, -0.05) is 30.0 Å². The van der Waals surface area contributed by atoms with Gasteiger partial charge >= 0.3 is 0 Å². The van der Waals surface area contributed by atoms with E-state index in [0.717, 1.165) is 68.6 Å². The number of thioether (sulfide) groups is 1. The largest absolute Gasteiger partial charge is 0.454 e. The van der Waals surface area contributed by atoms with Crippen molar-refractivity contribution in [3.8, 4) is 11.5 Å². The van der Waals surface area contributed by atoms with Crippen LogP contribution >= 0.6 is 24.0 Å². The molecule has 1 amide bonds. The van der Waals surface area contributed by atoms with Crippen LogP contribution < -0.4 is 9.47 Å². The molecule has 30 heavy (non-hydrogen) atoms. The maximum absolute atomic E-state index is 12.8. The highest BCUT2D eigenvalue weighted by molar-refractivity contribution is 8.26. The molecule has 4 aliphatic rings. The number of carbonyl (C=O) groups is 1. The topological polar surface area (TPSA) is 54.5 Å². The maximum atomic E-state index is 12.8. The normalized spacial score (nSPS) is 25.7. The Morgan fingerprint density at radius 2 is 2.00 bits per heavy atom. The van der Waals surface area contributed by atoms with Crippen LogP contribution in [0.1, 0.15) is 18.4 Å². The zero-order valence-electron chi connectivity index (χ0n) is 16.7. The van der Waals surface area contributed by atoms with Gasteiger partial charge in [-0.3, -0.25) is 14.6 Å². The molecule has 0 N–H and O–H groups in total. The van der Waals surface area contributed by atoms with E-state index in [1.165, 1.54) is 17.3 Å². The number of piperazine rings is 1. The molecular formula is C21H25N3O4S2. The Morgan fingerprint density at radius 3 is 2.80 bits per heavy atom. The van der Waals surface area contributed by atoms with Crippen LogP contribution in [0.2, 0.25) is 0 Å². The molecule has 0 spiro atoms. The molecule has 0 radical (unpaired) electrons. The van der Waals surface area contributed by atoms with Crippen LogP contribution in [0.25, 0.3) is 0 Å². The Kier molecular flexibility index (Phi) is 5.86. The second-order valence-electron chi connectivity index (χ2n) is 7.91. The van der Waals surface area contributed by atoms with E-state index in [-0.39, 0.29) is 12.0 Å². The molecule has 0 bridgehead atoms. The van der Waals surface area contributed by atoms with Crippen molar-refractivity contribution in [2.75, 3.05) is 46.1 Å². The minimum Gasteiger partial charge on any atom is -0.454 e. The van der Waals surface area contributed by atoms with E-state index < -0.39 is 0 Å². The van der Waals surface area contributed by atoms with Crippen LogP contribution in [0.3, 0.4) is 0 Å². The van der Waals surface area contributed by atoms with Crippen LogP contribution in [-0.4, -0.2) is 77.2 Å². The number of carbonyl (C=O) groups excluding carboxylic acids is 1. The third kappa shape index (κ3) is 4.30. The molecule has 0 aromatic heterocycles. The van der Waals surface area contributed by atoms with E-state index in [9.17, 15) is 4.79 Å². The zero-order chi connectivity index (χ0) is 20.5. The second-order valence-corrected chi connectivity index (χ2v) is 9.59. The summed E-state index contributed by atoms with van der Waals surface area (Å²) >= 11 is 6.85. The Hall–Kier alpha value is -1.81. The van der Waals surface area contributed by atoms with E-state index in [1.54, 1.807) is 4.90 Å². The van der Waals surface area contributed by atoms with Crippen molar-refractivity contribution in [2.24, 2.45) is 0 Å². The van der Waals surface area contributed by atoms with Gasteiger partial charge in [-0.05, 0) is 30.5 Å². The predicted octanol–water partition coefficient (Wildman–Crippen LogP) is 2.41. The first-order chi connectivity index (χ1) is 14.7. The molecule has 3 saturated heterocycles. The van der Waals surface area contributed by atoms with Gasteiger partial charge in [0, 0.05) is 45.5 Å². The summed E-state index contributed by atoms with van der Waals surface area (Å²) in [7, 11) is 0. The molecule has 3 fully saturated rings. The Bertz CT molecular complexity index is 864. The first kappa shape index (κ1) is 20.1. The Balaban J connectivity index is 1.14. The fourth-order valence-corrected chi connectivity index (χ4v) is 5.44. The number of thiocarbonyl (C=S) groups is 1. The number of fused-ring (bicyclic) bond motifs is 1. The summed E-state index contributed by atoms with van der Waals surface area (Å²) in [6, 6.07) is 6.14. The van der Waals surface area contributed by atoms with Crippen molar-refractivity contribution in [2.45, 2.75) is 25.5 Å². The first-order valence-corrected chi connectivity index (χ1v) is 11.6. The van der Waals surface area contributed by atoms with E-state index >= 15 is 0 Å². The van der Waals surface area contributed by atoms with Gasteiger partial charge in [0.15, 0.2) is 11.5 Å². The summed E-state index contributed by atoms with van der Waals surface area (Å²) in [5.41, 5.74) is 1.22. The van der Waals surface area contributed by atoms with Gasteiger partial charge in [0.05, 0.1) is 17.6 Å². The molecule has 5 rings (SSSR count). The highest BCUT2D eigenvalue weighted by atomic mass is 32.2. The standard InChI is InChI=1S/C21H25N3O4S2/c25-20-19(30-21(29)24(20)12-16-2-1-9-26-16)13-23-7-5-22(6-8-23)11-15-3-4-17-18(10-15)28-14-27-17/h3-4,10,13,16H,1-2,5-9,11-12,14H2. The number of hydrogen-bond donors (Lipinski definition) is 0. The van der Waals surface area contributed by atoms with Crippen molar-refractivity contribution in [3.05, 3.63) is 34.9 Å². The molecular weight excluding hydrogens is 422 g/mol. The van der Waals surface area contributed by atoms with Gasteiger partial charge in [0.25, 0.3) is 5.91 Å². The Labute approximate surface area is 185 Å². The lowest BCUT2D eigenvalue weighted by atomic mass is 10.1. The third-order valence-electron chi connectivity index (χ3n) is 5.83. The van der Waals surface area contributed by atoms with Crippen LogP contribution in [0.4, 0.5) is 0 Å². The lowest BCUT2D eigenvalue weighted by Gasteiger charge is -2.34. The maximum Gasteiger partial charge on any atom is 0.267 e. The molecule has 0 aliphatic carbocycles. The molecule has 1 aromatic carbocycles. The highest BCUT2D eigenvalue weighted by Gasteiger charge is 2.35. The molecule has 9 heteroatoms. The average Bonchev–Trinajstić information content (AvgIpc) is 3.48. The van der Waals surface area contributed by atoms with Gasteiger partial charge in [-0.25, -0.2) is 0 Å². The molecule has 4 heterocycles. The van der Waals surface area contributed by atoms with Gasteiger partial charge in [-0.2, -0.15) is 0 Å². The van der Waals surface area contributed by atoms with E-state index in [2.05, 4.69) is 21.9 Å². The van der Waals surface area contributed by atoms with Crippen LogP contribution in [0.5, 0.6) is 11.5 Å². The lowest BCUT2D eigenvalue weighted by molar-refractivity contribution is -0.123. The van der Waals surface area contributed by atoms with E-state index in [4.69, 9.17) is 26.4 Å². The second kappa shape index (κ2) is 8.74. The fourth-order valence-electron chi connectivity index (χ4n) is 4.15. The molecule has 7 nitrogen and oxygen atoms in total. The average molecular weight is 448 g/mol. The van der Waals surface area contributed by atoms with Crippen molar-refractivity contribution in [3.63, 3.8) is 0 Å². The monoisotopic (exact) mass is 447 g/mol. The fraction of sp³-hybridized carbons (Fsp3) is 0.524. The molecule has 1 aromatic rings. The van der Waals surface area contributed by atoms with Gasteiger partial charge < -0.3 is 19.1 Å². The number of benzene rings is 1. The molecule has 1 atom stereocenters. The minimum atomic E-state index is 0.0169. The summed E-state index contributed by atoms with van der Waals surface area (Å²) < 4.78 is 17.2. The predicted molar refractivity (Wildman–Crippen MR) is 118 cm³/mol. The van der Waals surface area contributed by atoms with E-state index in [1.807, 2.05) is 12.3 Å². The van der Waals surface area contributed by atoms with E-state index in [0.29, 0.717) is 17.7 Å². The molecule has 1 unspecified atom stereocenters. The summed E-state index contributed by atoms with van der Waals surface area (Å²) in [6.07, 6.45) is 4.17. The summed E-state index contributed by atoms with van der Waals surface area (Å²) in [6.45, 7) is 6.21. The third-order valence-corrected chi connectivity index (χ3v) is 7.20. The number of amides is 1. The first-order valence-electron chi connectivity index (χ1n) is 10.4. The SMILES string of the molecule is O=C1C(=CN2CCN(Cc3ccc4c(c3)OCO4)CC2)SC(=S)N1CC1CCCO1. The van der Waals surface area contributed by atoms with Crippen molar-refractivity contribution < 1.29 is 19.0 Å². The van der Waals surface area contributed by atoms with Crippen molar-refractivity contribution >= 4 is 34.2 Å². The number of nitrogens with zero attached hydrogens (tertiary/aromatic N) is 3. The van der Waals surface area contributed by atoms with Crippen LogP contribution in [0.15, 0.2) is 29.3 Å². The summed E-state index contributed by atoms with van der Waals surface area (Å²) in [4.78, 5) is 19.9. The van der Waals surface area contributed by atoms with Crippen molar-refractivity contribution in [1.29, 1.82) is 0 Å². The number of hydrogen-bond acceptors (Lipinski definition) is 8. The highest BCUT2D eigenvalue weighted by Crippen LogP contribution is 2.34. The number of ether oxygens (including phenoxy) is 3. The van der Waals surface area contributed by atoms with Crippen molar-refractivity contribution in [1.82, 2.24) is 14.7 Å². The zero-order valence-corrected chi connectivity index (χ0v) is 18.4. The minimum absolute atomic E-state index is 0.0169. The number of rotatable bonds is 5. The summed E-state index contributed by atoms with van der Waals surface area (Å²) in [5, 5.41) is 0. The molecule has 0 saturated carbocycles. The van der Waals surface area contributed by atoms with Gasteiger partial charge in [-0.15, -0.1) is 0 Å². The van der Waals surface area contributed by atoms with Crippen LogP contribution in [0, 0.1) is 0 Å².